The van der Waals surface area contributed by atoms with Gasteiger partial charge in [-0.15, -0.1) is 0 Å². The van der Waals surface area contributed by atoms with Crippen LogP contribution in [0.4, 0.5) is 9.18 Å². The van der Waals surface area contributed by atoms with Crippen LogP contribution < -0.4 is 4.74 Å². The largest absolute Gasteiger partial charge is 0.497 e. The Morgan fingerprint density at radius 1 is 1.24 bits per heavy atom. The number of hydrogen-bond donors (Lipinski definition) is 0. The molecule has 0 spiro atoms. The number of aromatic nitrogens is 1. The fourth-order valence-corrected chi connectivity index (χ4v) is 2.01. The number of fused-ring (bicyclic) bond motifs is 1. The lowest BCUT2D eigenvalue weighted by molar-refractivity contribution is 0.117. The number of carbonyl (C=O) groups excluding carboxylic acids is 1. The Morgan fingerprint density at radius 2 is 1.86 bits per heavy atom. The Labute approximate surface area is 124 Å². The summed E-state index contributed by atoms with van der Waals surface area (Å²) in [6.45, 7) is 9.23. The molecule has 21 heavy (non-hydrogen) atoms. The zero-order chi connectivity index (χ0) is 16.2. The number of aryl methyl sites for hydroxylation is 1. The first-order valence-electron chi connectivity index (χ1n) is 7.00. The smallest absolute Gasteiger partial charge is 0.419 e. The Morgan fingerprint density at radius 3 is 2.38 bits per heavy atom. The first-order valence-corrected chi connectivity index (χ1v) is 7.00. The van der Waals surface area contributed by atoms with E-state index in [-0.39, 0.29) is 11.6 Å². The van der Waals surface area contributed by atoms with Crippen LogP contribution in [0.2, 0.25) is 0 Å². The van der Waals surface area contributed by atoms with Crippen LogP contribution >= 0.6 is 0 Å². The van der Waals surface area contributed by atoms with Crippen LogP contribution in [0, 0.1) is 12.7 Å². The fraction of sp³-hybridized carbons (Fsp3) is 0.438. The summed E-state index contributed by atoms with van der Waals surface area (Å²) in [6, 6.07) is 4.66. The summed E-state index contributed by atoms with van der Waals surface area (Å²) in [6.07, 6.45) is -0.836. The zero-order valence-electron chi connectivity index (χ0n) is 13.4. The van der Waals surface area contributed by atoms with Crippen LogP contribution in [-0.2, 0) is 4.74 Å². The standard InChI is InChI=1S/C14H16FNO3.C2H6/c1-8(2)19-14(17)16-9(3)5-10-6-11(18-4)7-12(15)13(10)16;1-2/h5-8H,1-4H3;1-2H3. The molecule has 0 saturated heterocycles. The van der Waals surface area contributed by atoms with Gasteiger partial charge in [0.25, 0.3) is 0 Å². The average Bonchev–Trinajstić information content (AvgIpc) is 2.76. The summed E-state index contributed by atoms with van der Waals surface area (Å²) in [5.41, 5.74) is 0.830. The summed E-state index contributed by atoms with van der Waals surface area (Å²) in [5.74, 6) is -0.0949. The molecule has 0 unspecified atom stereocenters. The third-order valence-electron chi connectivity index (χ3n) is 2.76. The highest BCUT2D eigenvalue weighted by Crippen LogP contribution is 2.27. The molecule has 2 rings (SSSR count). The lowest BCUT2D eigenvalue weighted by Crippen LogP contribution is -2.19. The second-order valence-corrected chi connectivity index (χ2v) is 4.60. The van der Waals surface area contributed by atoms with Crippen LogP contribution in [-0.4, -0.2) is 23.9 Å². The molecule has 0 amide bonds. The maximum atomic E-state index is 14.1. The predicted molar refractivity (Wildman–Crippen MR) is 81.5 cm³/mol. The van der Waals surface area contributed by atoms with Gasteiger partial charge in [-0.2, -0.15) is 0 Å². The van der Waals surface area contributed by atoms with Crippen LogP contribution in [0.1, 0.15) is 33.4 Å². The zero-order valence-corrected chi connectivity index (χ0v) is 13.4. The minimum Gasteiger partial charge on any atom is -0.497 e. The van der Waals surface area contributed by atoms with Crippen molar-refractivity contribution in [2.24, 2.45) is 0 Å². The Balaban J connectivity index is 0.00000106. The lowest BCUT2D eigenvalue weighted by atomic mass is 10.2. The normalized spacial score (nSPS) is 10.3. The van der Waals surface area contributed by atoms with Crippen LogP contribution in [0.3, 0.4) is 0 Å². The van der Waals surface area contributed by atoms with E-state index in [1.54, 1.807) is 32.9 Å². The summed E-state index contributed by atoms with van der Waals surface area (Å²) in [4.78, 5) is 12.0. The third-order valence-corrected chi connectivity index (χ3v) is 2.76. The van der Waals surface area contributed by atoms with Crippen LogP contribution in [0.15, 0.2) is 18.2 Å². The molecule has 0 aliphatic carbocycles. The van der Waals surface area contributed by atoms with E-state index in [0.717, 1.165) is 0 Å². The van der Waals surface area contributed by atoms with Crippen molar-refractivity contribution in [2.75, 3.05) is 7.11 Å². The van der Waals surface area contributed by atoms with Gasteiger partial charge in [-0.05, 0) is 32.9 Å². The minimum atomic E-state index is -0.577. The van der Waals surface area contributed by atoms with Gasteiger partial charge < -0.3 is 9.47 Å². The molecule has 1 aromatic heterocycles. The molecule has 0 radical (unpaired) electrons. The topological polar surface area (TPSA) is 40.5 Å². The van der Waals surface area contributed by atoms with E-state index < -0.39 is 11.9 Å². The monoisotopic (exact) mass is 295 g/mol. The molecule has 0 aliphatic rings. The van der Waals surface area contributed by atoms with E-state index in [9.17, 15) is 9.18 Å². The number of hydrogen-bond acceptors (Lipinski definition) is 3. The van der Waals surface area contributed by atoms with Crippen molar-refractivity contribution in [3.05, 3.63) is 29.7 Å². The molecule has 0 fully saturated rings. The van der Waals surface area contributed by atoms with E-state index in [4.69, 9.17) is 9.47 Å². The van der Waals surface area contributed by atoms with Crippen molar-refractivity contribution in [3.8, 4) is 5.75 Å². The van der Waals surface area contributed by atoms with Gasteiger partial charge in [0.1, 0.15) is 5.75 Å². The van der Waals surface area contributed by atoms with Crippen molar-refractivity contribution in [1.82, 2.24) is 4.57 Å². The van der Waals surface area contributed by atoms with Gasteiger partial charge in [-0.3, -0.25) is 0 Å². The number of halogens is 1. The van der Waals surface area contributed by atoms with Crippen LogP contribution in [0.5, 0.6) is 5.75 Å². The summed E-state index contributed by atoms with van der Waals surface area (Å²) >= 11 is 0. The maximum absolute atomic E-state index is 14.1. The Bertz CT molecular complexity index is 632. The van der Waals surface area contributed by atoms with Crippen molar-refractivity contribution in [1.29, 1.82) is 0 Å². The van der Waals surface area contributed by atoms with Gasteiger partial charge in [-0.1, -0.05) is 13.8 Å². The van der Waals surface area contributed by atoms with E-state index in [0.29, 0.717) is 16.8 Å². The van der Waals surface area contributed by atoms with E-state index in [2.05, 4.69) is 0 Å². The molecule has 1 aromatic carbocycles. The SMILES string of the molecule is CC.COc1cc(F)c2c(c1)cc(C)n2C(=O)OC(C)C. The number of ether oxygens (including phenoxy) is 2. The van der Waals surface area contributed by atoms with Gasteiger partial charge >= 0.3 is 6.09 Å². The molecular weight excluding hydrogens is 273 g/mol. The Kier molecular flexibility index (Phi) is 5.76. The molecular formula is C16H22FNO3. The van der Waals surface area contributed by atoms with E-state index in [1.807, 2.05) is 13.8 Å². The molecule has 116 valence electrons. The molecule has 0 N–H and O–H groups in total. The molecule has 0 aliphatic heterocycles. The van der Waals surface area contributed by atoms with Gasteiger partial charge in [0.15, 0.2) is 5.82 Å². The third kappa shape index (κ3) is 3.54. The lowest BCUT2D eigenvalue weighted by Gasteiger charge is -2.11. The van der Waals surface area contributed by atoms with Crippen molar-refractivity contribution >= 4 is 17.0 Å². The van der Waals surface area contributed by atoms with Crippen molar-refractivity contribution in [2.45, 2.75) is 40.7 Å². The minimum absolute atomic E-state index is 0.212. The van der Waals surface area contributed by atoms with Gasteiger partial charge in [-0.25, -0.2) is 13.8 Å². The summed E-state index contributed by atoms with van der Waals surface area (Å²) in [5, 5.41) is 0.607. The summed E-state index contributed by atoms with van der Waals surface area (Å²) < 4.78 is 25.5. The molecule has 5 heteroatoms. The second-order valence-electron chi connectivity index (χ2n) is 4.60. The molecule has 4 nitrogen and oxygen atoms in total. The quantitative estimate of drug-likeness (QED) is 0.818. The van der Waals surface area contributed by atoms with E-state index in [1.165, 1.54) is 17.7 Å². The molecule has 0 saturated carbocycles. The number of nitrogens with zero attached hydrogens (tertiary/aromatic N) is 1. The van der Waals surface area contributed by atoms with Crippen molar-refractivity contribution < 1.29 is 18.7 Å². The van der Waals surface area contributed by atoms with E-state index >= 15 is 0 Å². The number of methoxy groups -OCH3 is 1. The average molecular weight is 295 g/mol. The maximum Gasteiger partial charge on any atom is 0.419 e. The molecule has 1 heterocycles. The highest BCUT2D eigenvalue weighted by molar-refractivity contribution is 5.92. The Hall–Kier alpha value is -2.04. The fourth-order valence-electron chi connectivity index (χ4n) is 2.01. The van der Waals surface area contributed by atoms with Gasteiger partial charge in [0.05, 0.1) is 18.7 Å². The number of benzene rings is 1. The molecule has 2 aromatic rings. The number of carbonyl (C=O) groups is 1. The first kappa shape index (κ1) is 17.0. The molecule has 0 atom stereocenters. The first-order chi connectivity index (χ1) is 9.93. The van der Waals surface area contributed by atoms with Crippen molar-refractivity contribution in [3.63, 3.8) is 0 Å². The van der Waals surface area contributed by atoms with Crippen LogP contribution in [0.25, 0.3) is 10.9 Å². The predicted octanol–water partition coefficient (Wildman–Crippen LogP) is 4.52. The number of rotatable bonds is 2. The summed E-state index contributed by atoms with van der Waals surface area (Å²) in [7, 11) is 1.47. The second kappa shape index (κ2) is 7.11. The highest BCUT2D eigenvalue weighted by Gasteiger charge is 2.19. The molecule has 0 bridgehead atoms. The van der Waals surface area contributed by atoms with Gasteiger partial charge in [0.2, 0.25) is 0 Å². The van der Waals surface area contributed by atoms with Gasteiger partial charge in [0, 0.05) is 17.1 Å². The highest BCUT2D eigenvalue weighted by atomic mass is 19.1.